The predicted molar refractivity (Wildman–Crippen MR) is 104 cm³/mol. The SMILES string of the molecule is Cc1c[nH]c(=O)n1-c1ccc(C(=O)OCC(=O)N(C)Cc2ccccc2)cc1. The second kappa shape index (κ2) is 8.39. The molecular weight excluding hydrogens is 358 g/mol. The molecule has 1 N–H and O–H groups in total. The summed E-state index contributed by atoms with van der Waals surface area (Å²) in [5.41, 5.74) is 2.45. The number of H-pyrrole nitrogens is 1. The summed E-state index contributed by atoms with van der Waals surface area (Å²) in [5.74, 6) is -0.880. The summed E-state index contributed by atoms with van der Waals surface area (Å²) in [7, 11) is 1.66. The third-order valence-corrected chi connectivity index (χ3v) is 4.34. The zero-order valence-electron chi connectivity index (χ0n) is 15.7. The molecule has 0 spiro atoms. The Balaban J connectivity index is 1.57. The molecule has 0 radical (unpaired) electrons. The third kappa shape index (κ3) is 4.37. The molecule has 0 atom stereocenters. The number of esters is 1. The summed E-state index contributed by atoms with van der Waals surface area (Å²) >= 11 is 0. The third-order valence-electron chi connectivity index (χ3n) is 4.34. The van der Waals surface area contributed by atoms with Crippen molar-refractivity contribution in [2.45, 2.75) is 13.5 Å². The lowest BCUT2D eigenvalue weighted by atomic mass is 10.2. The van der Waals surface area contributed by atoms with Crippen LogP contribution in [0.25, 0.3) is 5.69 Å². The molecule has 1 heterocycles. The number of aryl methyl sites for hydroxylation is 1. The Hall–Kier alpha value is -3.61. The van der Waals surface area contributed by atoms with Crippen LogP contribution in [-0.4, -0.2) is 40.0 Å². The van der Waals surface area contributed by atoms with Crippen LogP contribution in [0.15, 0.2) is 65.6 Å². The number of amides is 1. The van der Waals surface area contributed by atoms with Gasteiger partial charge in [0.25, 0.3) is 5.91 Å². The predicted octanol–water partition coefficient (Wildman–Crippen LogP) is 2.29. The lowest BCUT2D eigenvalue weighted by molar-refractivity contribution is -0.133. The van der Waals surface area contributed by atoms with Gasteiger partial charge in [0.05, 0.1) is 11.3 Å². The van der Waals surface area contributed by atoms with Gasteiger partial charge in [-0.05, 0) is 36.8 Å². The fraction of sp³-hybridized carbons (Fsp3) is 0.190. The second-order valence-corrected chi connectivity index (χ2v) is 6.43. The summed E-state index contributed by atoms with van der Waals surface area (Å²) in [6.45, 7) is 1.91. The molecule has 0 saturated carbocycles. The smallest absolute Gasteiger partial charge is 0.338 e. The molecule has 3 rings (SSSR count). The topological polar surface area (TPSA) is 84.4 Å². The summed E-state index contributed by atoms with van der Waals surface area (Å²) in [6.07, 6.45) is 1.61. The van der Waals surface area contributed by atoms with Gasteiger partial charge >= 0.3 is 11.7 Å². The molecule has 3 aromatic rings. The number of benzene rings is 2. The Morgan fingerprint density at radius 3 is 2.36 bits per heavy atom. The molecular formula is C21H21N3O4. The Morgan fingerprint density at radius 1 is 1.07 bits per heavy atom. The van der Waals surface area contributed by atoms with Gasteiger partial charge in [-0.25, -0.2) is 9.59 Å². The maximum absolute atomic E-state index is 12.2. The summed E-state index contributed by atoms with van der Waals surface area (Å²) in [4.78, 5) is 40.3. The highest BCUT2D eigenvalue weighted by Crippen LogP contribution is 2.11. The Bertz CT molecular complexity index is 1020. The largest absolute Gasteiger partial charge is 0.452 e. The van der Waals surface area contributed by atoms with Crippen LogP contribution in [0, 0.1) is 6.92 Å². The summed E-state index contributed by atoms with van der Waals surface area (Å²) in [6, 6.07) is 16.0. The van der Waals surface area contributed by atoms with Crippen LogP contribution in [0.2, 0.25) is 0 Å². The van der Waals surface area contributed by atoms with E-state index in [1.807, 2.05) is 30.3 Å². The van der Waals surface area contributed by atoms with Crippen molar-refractivity contribution in [1.29, 1.82) is 0 Å². The van der Waals surface area contributed by atoms with Gasteiger partial charge in [-0.2, -0.15) is 0 Å². The first-order valence-electron chi connectivity index (χ1n) is 8.78. The second-order valence-electron chi connectivity index (χ2n) is 6.43. The number of hydrogen-bond donors (Lipinski definition) is 1. The van der Waals surface area contributed by atoms with Crippen molar-refractivity contribution < 1.29 is 14.3 Å². The number of likely N-dealkylation sites (N-methyl/N-ethyl adjacent to an activating group) is 1. The van der Waals surface area contributed by atoms with Crippen LogP contribution in [-0.2, 0) is 16.1 Å². The Labute approximate surface area is 162 Å². The maximum atomic E-state index is 12.2. The van der Waals surface area contributed by atoms with E-state index in [1.54, 1.807) is 44.4 Å². The van der Waals surface area contributed by atoms with E-state index in [1.165, 1.54) is 9.47 Å². The van der Waals surface area contributed by atoms with Crippen molar-refractivity contribution in [3.8, 4) is 5.69 Å². The van der Waals surface area contributed by atoms with Gasteiger partial charge in [0, 0.05) is 25.5 Å². The van der Waals surface area contributed by atoms with Crippen LogP contribution in [0.1, 0.15) is 21.6 Å². The van der Waals surface area contributed by atoms with E-state index in [9.17, 15) is 14.4 Å². The van der Waals surface area contributed by atoms with Crippen molar-refractivity contribution >= 4 is 11.9 Å². The van der Waals surface area contributed by atoms with Crippen LogP contribution < -0.4 is 5.69 Å². The molecule has 0 unspecified atom stereocenters. The maximum Gasteiger partial charge on any atom is 0.338 e. The average Bonchev–Trinajstić information content (AvgIpc) is 3.05. The van der Waals surface area contributed by atoms with Crippen LogP contribution >= 0.6 is 0 Å². The average molecular weight is 379 g/mol. The lowest BCUT2D eigenvalue weighted by Gasteiger charge is -2.17. The van der Waals surface area contributed by atoms with Gasteiger partial charge in [-0.1, -0.05) is 30.3 Å². The number of carbonyl (C=O) groups excluding carboxylic acids is 2. The molecule has 0 bridgehead atoms. The minimum absolute atomic E-state index is 0.250. The van der Waals surface area contributed by atoms with E-state index < -0.39 is 5.97 Å². The lowest BCUT2D eigenvalue weighted by Crippen LogP contribution is -2.30. The fourth-order valence-corrected chi connectivity index (χ4v) is 2.79. The van der Waals surface area contributed by atoms with Gasteiger partial charge < -0.3 is 14.6 Å². The first kappa shape index (κ1) is 19.2. The van der Waals surface area contributed by atoms with Crippen LogP contribution in [0.4, 0.5) is 0 Å². The highest BCUT2D eigenvalue weighted by atomic mass is 16.5. The molecule has 0 fully saturated rings. The van der Waals surface area contributed by atoms with Gasteiger partial charge in [-0.3, -0.25) is 9.36 Å². The molecule has 7 heteroatoms. The molecule has 144 valence electrons. The summed E-state index contributed by atoms with van der Waals surface area (Å²) < 4.78 is 6.62. The number of aromatic amines is 1. The number of aromatic nitrogens is 2. The van der Waals surface area contributed by atoms with E-state index in [-0.39, 0.29) is 18.2 Å². The van der Waals surface area contributed by atoms with Crippen molar-refractivity contribution in [1.82, 2.24) is 14.5 Å². The van der Waals surface area contributed by atoms with Gasteiger partial charge in [0.1, 0.15) is 0 Å². The zero-order chi connectivity index (χ0) is 20.1. The van der Waals surface area contributed by atoms with Crippen molar-refractivity contribution in [2.24, 2.45) is 0 Å². The van der Waals surface area contributed by atoms with E-state index in [2.05, 4.69) is 4.98 Å². The fourth-order valence-electron chi connectivity index (χ4n) is 2.79. The highest BCUT2D eigenvalue weighted by Gasteiger charge is 2.14. The van der Waals surface area contributed by atoms with Crippen molar-refractivity contribution in [3.63, 3.8) is 0 Å². The van der Waals surface area contributed by atoms with Gasteiger partial charge in [0.15, 0.2) is 6.61 Å². The number of ether oxygens (including phenoxy) is 1. The highest BCUT2D eigenvalue weighted by molar-refractivity contribution is 5.91. The minimum Gasteiger partial charge on any atom is -0.452 e. The van der Waals surface area contributed by atoms with Gasteiger partial charge in [-0.15, -0.1) is 0 Å². The number of hydrogen-bond acceptors (Lipinski definition) is 4. The first-order valence-corrected chi connectivity index (χ1v) is 8.78. The molecule has 0 aliphatic carbocycles. The number of nitrogens with one attached hydrogen (secondary N) is 1. The van der Waals surface area contributed by atoms with Crippen LogP contribution in [0.5, 0.6) is 0 Å². The number of nitrogens with zero attached hydrogens (tertiary/aromatic N) is 2. The monoisotopic (exact) mass is 379 g/mol. The summed E-state index contributed by atoms with van der Waals surface area (Å²) in [5, 5.41) is 0. The number of carbonyl (C=O) groups is 2. The molecule has 7 nitrogen and oxygen atoms in total. The molecule has 0 saturated heterocycles. The van der Waals surface area contributed by atoms with E-state index in [0.29, 0.717) is 17.8 Å². The quantitative estimate of drug-likeness (QED) is 0.666. The number of imidazole rings is 1. The molecule has 2 aromatic carbocycles. The normalized spacial score (nSPS) is 10.5. The van der Waals surface area contributed by atoms with E-state index >= 15 is 0 Å². The molecule has 0 aliphatic heterocycles. The van der Waals surface area contributed by atoms with Crippen LogP contribution in [0.3, 0.4) is 0 Å². The number of rotatable bonds is 6. The van der Waals surface area contributed by atoms with Gasteiger partial charge in [0.2, 0.25) is 0 Å². The minimum atomic E-state index is -0.592. The Kier molecular flexibility index (Phi) is 5.74. The molecule has 1 aromatic heterocycles. The molecule has 28 heavy (non-hydrogen) atoms. The zero-order valence-corrected chi connectivity index (χ0v) is 15.7. The van der Waals surface area contributed by atoms with Crippen molar-refractivity contribution in [3.05, 3.63) is 88.1 Å². The first-order chi connectivity index (χ1) is 13.5. The van der Waals surface area contributed by atoms with E-state index in [0.717, 1.165) is 11.3 Å². The molecule has 0 aliphatic rings. The standard InChI is InChI=1S/C21H21N3O4/c1-15-12-22-21(27)24(15)18-10-8-17(9-11-18)20(26)28-14-19(25)23(2)13-16-6-4-3-5-7-16/h3-12H,13-14H2,1-2H3,(H,22,27). The van der Waals surface area contributed by atoms with E-state index in [4.69, 9.17) is 4.74 Å². The van der Waals surface area contributed by atoms with Crippen molar-refractivity contribution in [2.75, 3.05) is 13.7 Å². The molecule has 1 amide bonds. The Morgan fingerprint density at radius 2 is 1.75 bits per heavy atom.